The van der Waals surface area contributed by atoms with Gasteiger partial charge in [0.05, 0.1) is 29.3 Å². The van der Waals surface area contributed by atoms with Gasteiger partial charge >= 0.3 is 0 Å². The molecule has 2 aromatic heterocycles. The van der Waals surface area contributed by atoms with Gasteiger partial charge in [-0.3, -0.25) is 9.36 Å². The minimum Gasteiger partial charge on any atom is -0.377 e. The van der Waals surface area contributed by atoms with E-state index in [0.29, 0.717) is 0 Å². The average Bonchev–Trinajstić information content (AvgIpc) is 2.66. The first-order valence-corrected chi connectivity index (χ1v) is 5.30. The molecule has 86 valence electrons. The van der Waals surface area contributed by atoms with E-state index in [1.165, 1.54) is 5.69 Å². The molecule has 2 aromatic rings. The quantitative estimate of drug-likeness (QED) is 0.848. The molecule has 0 fully saturated rings. The number of aromatic nitrogens is 4. The number of anilines is 1. The Kier molecular flexibility index (Phi) is 2.68. The minimum atomic E-state index is 0.768. The summed E-state index contributed by atoms with van der Waals surface area (Å²) in [6.45, 7) is 4.76. The standard InChI is InChI=1S/C11H17N5/c1-8-5-10(16(4)13-8)6-12-11-7-15(3)14-9(11)2/h5,7,12H,6H2,1-4H3. The second-order valence-electron chi connectivity index (χ2n) is 4.06. The molecule has 0 radical (unpaired) electrons. The van der Waals surface area contributed by atoms with Crippen molar-refractivity contribution in [2.45, 2.75) is 20.4 Å². The van der Waals surface area contributed by atoms with Crippen molar-refractivity contribution in [2.24, 2.45) is 14.1 Å². The first-order chi connectivity index (χ1) is 7.56. The predicted molar refractivity (Wildman–Crippen MR) is 63.2 cm³/mol. The molecule has 0 bridgehead atoms. The number of nitrogens with zero attached hydrogens (tertiary/aromatic N) is 4. The summed E-state index contributed by atoms with van der Waals surface area (Å²) in [4.78, 5) is 0. The van der Waals surface area contributed by atoms with Crippen LogP contribution in [0, 0.1) is 13.8 Å². The molecule has 0 aliphatic carbocycles. The molecule has 0 amide bonds. The van der Waals surface area contributed by atoms with Crippen LogP contribution >= 0.6 is 0 Å². The average molecular weight is 219 g/mol. The van der Waals surface area contributed by atoms with Crippen LogP contribution in [-0.2, 0) is 20.6 Å². The number of rotatable bonds is 3. The largest absolute Gasteiger partial charge is 0.377 e. The highest BCUT2D eigenvalue weighted by molar-refractivity contribution is 5.45. The second kappa shape index (κ2) is 4.00. The molecular formula is C11H17N5. The van der Waals surface area contributed by atoms with Crippen LogP contribution < -0.4 is 5.32 Å². The SMILES string of the molecule is Cc1cc(CNc2cn(C)nc2C)n(C)n1. The summed E-state index contributed by atoms with van der Waals surface area (Å²) in [7, 11) is 3.88. The lowest BCUT2D eigenvalue weighted by atomic mass is 10.3. The number of hydrogen-bond donors (Lipinski definition) is 1. The summed E-state index contributed by atoms with van der Waals surface area (Å²) in [5, 5.41) is 11.9. The maximum absolute atomic E-state index is 4.31. The summed E-state index contributed by atoms with van der Waals surface area (Å²) < 4.78 is 3.71. The first kappa shape index (κ1) is 10.7. The second-order valence-corrected chi connectivity index (χ2v) is 4.06. The summed E-state index contributed by atoms with van der Waals surface area (Å²) >= 11 is 0. The van der Waals surface area contributed by atoms with Gasteiger partial charge in [0.2, 0.25) is 0 Å². The number of aryl methyl sites for hydroxylation is 4. The van der Waals surface area contributed by atoms with E-state index in [9.17, 15) is 0 Å². The lowest BCUT2D eigenvalue weighted by Crippen LogP contribution is -2.05. The summed E-state index contributed by atoms with van der Waals surface area (Å²) in [6, 6.07) is 2.08. The van der Waals surface area contributed by atoms with Crippen LogP contribution in [0.2, 0.25) is 0 Å². The third-order valence-electron chi connectivity index (χ3n) is 2.57. The highest BCUT2D eigenvalue weighted by Gasteiger charge is 2.05. The van der Waals surface area contributed by atoms with Gasteiger partial charge in [-0.1, -0.05) is 0 Å². The van der Waals surface area contributed by atoms with Gasteiger partial charge in [-0.25, -0.2) is 0 Å². The van der Waals surface area contributed by atoms with E-state index in [2.05, 4.69) is 21.6 Å². The van der Waals surface area contributed by atoms with Crippen LogP contribution in [0.15, 0.2) is 12.3 Å². The lowest BCUT2D eigenvalue weighted by molar-refractivity contribution is 0.713. The zero-order valence-corrected chi connectivity index (χ0v) is 10.2. The molecule has 16 heavy (non-hydrogen) atoms. The highest BCUT2D eigenvalue weighted by atomic mass is 15.3. The Labute approximate surface area is 95.1 Å². The van der Waals surface area contributed by atoms with E-state index in [1.54, 1.807) is 0 Å². The molecule has 2 heterocycles. The Morgan fingerprint density at radius 1 is 1.25 bits per heavy atom. The van der Waals surface area contributed by atoms with Crippen molar-refractivity contribution in [3.63, 3.8) is 0 Å². The van der Waals surface area contributed by atoms with Gasteiger partial charge in [0.25, 0.3) is 0 Å². The van der Waals surface area contributed by atoms with E-state index in [-0.39, 0.29) is 0 Å². The van der Waals surface area contributed by atoms with Gasteiger partial charge in [0.1, 0.15) is 0 Å². The first-order valence-electron chi connectivity index (χ1n) is 5.30. The van der Waals surface area contributed by atoms with Crippen LogP contribution in [0.1, 0.15) is 17.1 Å². The zero-order valence-electron chi connectivity index (χ0n) is 10.2. The fraction of sp³-hybridized carbons (Fsp3) is 0.455. The van der Waals surface area contributed by atoms with Crippen LogP contribution in [0.4, 0.5) is 5.69 Å². The molecule has 0 saturated heterocycles. The molecular weight excluding hydrogens is 202 g/mol. The molecule has 5 nitrogen and oxygen atoms in total. The van der Waals surface area contributed by atoms with E-state index < -0.39 is 0 Å². The van der Waals surface area contributed by atoms with Crippen LogP contribution in [0.3, 0.4) is 0 Å². The molecule has 5 heteroatoms. The molecule has 0 unspecified atom stereocenters. The van der Waals surface area contributed by atoms with Crippen molar-refractivity contribution < 1.29 is 0 Å². The van der Waals surface area contributed by atoms with Gasteiger partial charge in [-0.05, 0) is 19.9 Å². The van der Waals surface area contributed by atoms with E-state index in [4.69, 9.17) is 0 Å². The monoisotopic (exact) mass is 219 g/mol. The van der Waals surface area contributed by atoms with Gasteiger partial charge < -0.3 is 5.32 Å². The third-order valence-corrected chi connectivity index (χ3v) is 2.57. The number of hydrogen-bond acceptors (Lipinski definition) is 3. The minimum absolute atomic E-state index is 0.768. The van der Waals surface area contributed by atoms with Crippen molar-refractivity contribution >= 4 is 5.69 Å². The predicted octanol–water partition coefficient (Wildman–Crippen LogP) is 1.38. The molecule has 0 aliphatic heterocycles. The van der Waals surface area contributed by atoms with Crippen LogP contribution in [0.5, 0.6) is 0 Å². The molecule has 0 atom stereocenters. The van der Waals surface area contributed by atoms with E-state index in [0.717, 1.165) is 23.6 Å². The molecule has 0 spiro atoms. The molecule has 0 aliphatic rings. The molecule has 0 aromatic carbocycles. The van der Waals surface area contributed by atoms with Crippen molar-refractivity contribution in [3.8, 4) is 0 Å². The Morgan fingerprint density at radius 3 is 2.50 bits per heavy atom. The van der Waals surface area contributed by atoms with Crippen molar-refractivity contribution in [1.29, 1.82) is 0 Å². The number of nitrogens with one attached hydrogen (secondary N) is 1. The topological polar surface area (TPSA) is 47.7 Å². The lowest BCUT2D eigenvalue weighted by Gasteiger charge is -2.04. The van der Waals surface area contributed by atoms with Crippen molar-refractivity contribution in [1.82, 2.24) is 19.6 Å². The Bertz CT molecular complexity index is 448. The van der Waals surface area contributed by atoms with Crippen molar-refractivity contribution in [2.75, 3.05) is 5.32 Å². The van der Waals surface area contributed by atoms with Gasteiger partial charge in [-0.2, -0.15) is 10.2 Å². The van der Waals surface area contributed by atoms with Crippen LogP contribution in [0.25, 0.3) is 0 Å². The summed E-state index contributed by atoms with van der Waals surface area (Å²) in [6.07, 6.45) is 1.98. The fourth-order valence-corrected chi connectivity index (χ4v) is 1.79. The fourth-order valence-electron chi connectivity index (χ4n) is 1.79. The molecule has 1 N–H and O–H groups in total. The zero-order chi connectivity index (χ0) is 11.7. The highest BCUT2D eigenvalue weighted by Crippen LogP contribution is 2.13. The maximum Gasteiger partial charge on any atom is 0.0825 e. The third kappa shape index (κ3) is 2.08. The summed E-state index contributed by atoms with van der Waals surface area (Å²) in [5.74, 6) is 0. The Morgan fingerprint density at radius 2 is 2.00 bits per heavy atom. The molecule has 0 saturated carbocycles. The Hall–Kier alpha value is -1.78. The smallest absolute Gasteiger partial charge is 0.0825 e. The summed E-state index contributed by atoms with van der Waals surface area (Å²) in [5.41, 5.74) is 4.30. The van der Waals surface area contributed by atoms with Gasteiger partial charge in [-0.15, -0.1) is 0 Å². The van der Waals surface area contributed by atoms with Crippen LogP contribution in [-0.4, -0.2) is 19.6 Å². The van der Waals surface area contributed by atoms with E-state index >= 15 is 0 Å². The maximum atomic E-state index is 4.31. The van der Waals surface area contributed by atoms with Gasteiger partial charge in [0, 0.05) is 20.3 Å². The van der Waals surface area contributed by atoms with Crippen molar-refractivity contribution in [3.05, 3.63) is 29.3 Å². The normalized spacial score (nSPS) is 10.8. The molecule has 2 rings (SSSR count). The Balaban J connectivity index is 2.07. The van der Waals surface area contributed by atoms with Gasteiger partial charge in [0.15, 0.2) is 0 Å². The van der Waals surface area contributed by atoms with E-state index in [1.807, 2.05) is 43.5 Å².